The molecule has 2 aromatic carbocycles. The molecule has 1 aliphatic heterocycles. The summed E-state index contributed by atoms with van der Waals surface area (Å²) in [5, 5.41) is 6.09. The molecule has 1 saturated heterocycles. The molecule has 0 unspecified atom stereocenters. The number of carbonyl (C=O) groups excluding carboxylic acids is 2. The number of hydrogen-bond donors (Lipinski definition) is 2. The predicted molar refractivity (Wildman–Crippen MR) is 143 cm³/mol. The fourth-order valence-electron chi connectivity index (χ4n) is 3.61. The minimum absolute atomic E-state index is 0. The number of amides is 2. The third-order valence-corrected chi connectivity index (χ3v) is 5.49. The first kappa shape index (κ1) is 26.6. The topological polar surface area (TPSA) is 77.0 Å². The van der Waals surface area contributed by atoms with Gasteiger partial charge in [-0.05, 0) is 42.2 Å². The molecule has 0 bridgehead atoms. The Kier molecular flexibility index (Phi) is 10.6. The first-order valence-electron chi connectivity index (χ1n) is 11.2. The molecule has 2 amide bonds. The minimum atomic E-state index is -0.114. The highest BCUT2D eigenvalue weighted by atomic mass is 127. The standard InChI is InChI=1S/C25H33N5O2.HI/c1-4-19-6-8-21(9-7-19)17-29(3)25(26-5-2)28-16-20-10-12-22(13-11-20)24(32)30-15-14-27-23(31)18-30;/h6-13H,4-5,14-18H2,1-3H3,(H,26,28)(H,27,31);1H. The van der Waals surface area contributed by atoms with Crippen LogP contribution in [0.15, 0.2) is 53.5 Å². The molecule has 7 nitrogen and oxygen atoms in total. The molecule has 0 radical (unpaired) electrons. The fourth-order valence-corrected chi connectivity index (χ4v) is 3.61. The van der Waals surface area contributed by atoms with Crippen molar-refractivity contribution >= 4 is 41.8 Å². The molecule has 33 heavy (non-hydrogen) atoms. The van der Waals surface area contributed by atoms with Gasteiger partial charge in [-0.2, -0.15) is 0 Å². The largest absolute Gasteiger partial charge is 0.357 e. The van der Waals surface area contributed by atoms with E-state index in [1.165, 1.54) is 11.1 Å². The molecule has 1 aliphatic rings. The van der Waals surface area contributed by atoms with Gasteiger partial charge in [-0.15, -0.1) is 24.0 Å². The van der Waals surface area contributed by atoms with Gasteiger partial charge < -0.3 is 20.4 Å². The van der Waals surface area contributed by atoms with Gasteiger partial charge in [0.1, 0.15) is 0 Å². The van der Waals surface area contributed by atoms with Crippen LogP contribution in [0.4, 0.5) is 0 Å². The van der Waals surface area contributed by atoms with Gasteiger partial charge in [-0.25, -0.2) is 4.99 Å². The number of nitrogens with zero attached hydrogens (tertiary/aromatic N) is 3. The van der Waals surface area contributed by atoms with E-state index in [-0.39, 0.29) is 42.3 Å². The Morgan fingerprint density at radius 2 is 1.70 bits per heavy atom. The lowest BCUT2D eigenvalue weighted by Gasteiger charge is -2.26. The maximum Gasteiger partial charge on any atom is 0.254 e. The van der Waals surface area contributed by atoms with Gasteiger partial charge in [0.15, 0.2) is 5.96 Å². The zero-order valence-corrected chi connectivity index (χ0v) is 22.0. The Balaban J connectivity index is 0.00000385. The van der Waals surface area contributed by atoms with E-state index in [4.69, 9.17) is 4.99 Å². The normalized spacial score (nSPS) is 13.7. The average Bonchev–Trinajstić information content (AvgIpc) is 2.82. The van der Waals surface area contributed by atoms with Crippen molar-refractivity contribution < 1.29 is 9.59 Å². The lowest BCUT2D eigenvalue weighted by atomic mass is 10.1. The van der Waals surface area contributed by atoms with Crippen LogP contribution in [0.2, 0.25) is 0 Å². The summed E-state index contributed by atoms with van der Waals surface area (Å²) in [6.07, 6.45) is 1.04. The molecule has 0 aromatic heterocycles. The highest BCUT2D eigenvalue weighted by Gasteiger charge is 2.22. The second-order valence-electron chi connectivity index (χ2n) is 7.97. The van der Waals surface area contributed by atoms with E-state index < -0.39 is 0 Å². The summed E-state index contributed by atoms with van der Waals surface area (Å²) in [5.41, 5.74) is 4.19. The third kappa shape index (κ3) is 7.73. The van der Waals surface area contributed by atoms with E-state index in [2.05, 4.69) is 53.6 Å². The van der Waals surface area contributed by atoms with Crippen molar-refractivity contribution in [2.45, 2.75) is 33.4 Å². The van der Waals surface area contributed by atoms with Crippen molar-refractivity contribution in [2.75, 3.05) is 33.2 Å². The third-order valence-electron chi connectivity index (χ3n) is 5.49. The molecule has 1 fully saturated rings. The number of aliphatic imine (C=N–C) groups is 1. The molecule has 3 rings (SSSR count). The van der Waals surface area contributed by atoms with Crippen molar-refractivity contribution in [1.82, 2.24) is 20.4 Å². The average molecular weight is 563 g/mol. The van der Waals surface area contributed by atoms with Crippen LogP contribution < -0.4 is 10.6 Å². The molecule has 2 N–H and O–H groups in total. The molecule has 1 heterocycles. The van der Waals surface area contributed by atoms with E-state index in [1.54, 1.807) is 4.90 Å². The summed E-state index contributed by atoms with van der Waals surface area (Å²) in [5.74, 6) is 0.612. The summed E-state index contributed by atoms with van der Waals surface area (Å²) in [6.45, 7) is 7.44. The number of rotatable bonds is 7. The van der Waals surface area contributed by atoms with Gasteiger partial charge in [0, 0.05) is 38.8 Å². The Labute approximate surface area is 213 Å². The summed E-state index contributed by atoms with van der Waals surface area (Å²) in [4.78, 5) is 32.6. The highest BCUT2D eigenvalue weighted by Crippen LogP contribution is 2.11. The van der Waals surface area contributed by atoms with E-state index >= 15 is 0 Å². The van der Waals surface area contributed by atoms with E-state index in [1.807, 2.05) is 31.3 Å². The molecule has 0 aliphatic carbocycles. The van der Waals surface area contributed by atoms with Crippen LogP contribution in [-0.2, 0) is 24.3 Å². The molecule has 0 saturated carbocycles. The number of guanidine groups is 1. The first-order chi connectivity index (χ1) is 15.5. The number of halogens is 1. The number of carbonyl (C=O) groups is 2. The van der Waals surface area contributed by atoms with Crippen LogP contribution in [-0.4, -0.2) is 60.8 Å². The van der Waals surface area contributed by atoms with Crippen molar-refractivity contribution in [3.8, 4) is 0 Å². The van der Waals surface area contributed by atoms with Crippen LogP contribution in [0.25, 0.3) is 0 Å². The summed E-state index contributed by atoms with van der Waals surface area (Å²) >= 11 is 0. The monoisotopic (exact) mass is 563 g/mol. The molecule has 2 aromatic rings. The zero-order valence-electron chi connectivity index (χ0n) is 19.6. The smallest absolute Gasteiger partial charge is 0.254 e. The number of piperazine rings is 1. The van der Waals surface area contributed by atoms with Crippen molar-refractivity contribution in [3.05, 3.63) is 70.8 Å². The van der Waals surface area contributed by atoms with Gasteiger partial charge >= 0.3 is 0 Å². The molecule has 8 heteroatoms. The minimum Gasteiger partial charge on any atom is -0.357 e. The van der Waals surface area contributed by atoms with Crippen molar-refractivity contribution in [3.63, 3.8) is 0 Å². The number of benzene rings is 2. The maximum absolute atomic E-state index is 12.6. The zero-order chi connectivity index (χ0) is 22.9. The summed E-state index contributed by atoms with van der Waals surface area (Å²) in [7, 11) is 2.03. The molecular formula is C25H34IN5O2. The van der Waals surface area contributed by atoms with Gasteiger partial charge in [-0.3, -0.25) is 9.59 Å². The van der Waals surface area contributed by atoms with E-state index in [0.717, 1.165) is 31.0 Å². The Bertz CT molecular complexity index is 944. The first-order valence-corrected chi connectivity index (χ1v) is 11.2. The van der Waals surface area contributed by atoms with Crippen LogP contribution in [0.1, 0.15) is 40.9 Å². The number of nitrogens with one attached hydrogen (secondary N) is 2. The Morgan fingerprint density at radius 3 is 2.30 bits per heavy atom. The predicted octanol–water partition coefficient (Wildman–Crippen LogP) is 3.04. The van der Waals surface area contributed by atoms with Gasteiger partial charge in [-0.1, -0.05) is 43.3 Å². The quantitative estimate of drug-likeness (QED) is 0.309. The van der Waals surface area contributed by atoms with Crippen LogP contribution >= 0.6 is 24.0 Å². The van der Waals surface area contributed by atoms with Gasteiger partial charge in [0.25, 0.3) is 5.91 Å². The van der Waals surface area contributed by atoms with E-state index in [9.17, 15) is 9.59 Å². The van der Waals surface area contributed by atoms with Crippen LogP contribution in [0.3, 0.4) is 0 Å². The SMILES string of the molecule is CCNC(=NCc1ccc(C(=O)N2CCNC(=O)C2)cc1)N(C)Cc1ccc(CC)cc1.I. The number of hydrogen-bond acceptors (Lipinski definition) is 3. The number of aryl methyl sites for hydroxylation is 1. The molecule has 0 atom stereocenters. The van der Waals surface area contributed by atoms with Crippen molar-refractivity contribution in [2.24, 2.45) is 4.99 Å². The van der Waals surface area contributed by atoms with Gasteiger partial charge in [0.05, 0.1) is 13.1 Å². The molecule has 0 spiro atoms. The molecular weight excluding hydrogens is 529 g/mol. The lowest BCUT2D eigenvalue weighted by Crippen LogP contribution is -2.49. The van der Waals surface area contributed by atoms with Crippen molar-refractivity contribution in [1.29, 1.82) is 0 Å². The Hall–Kier alpha value is -2.62. The second-order valence-corrected chi connectivity index (χ2v) is 7.97. The Morgan fingerprint density at radius 1 is 1.06 bits per heavy atom. The maximum atomic E-state index is 12.6. The van der Waals surface area contributed by atoms with E-state index in [0.29, 0.717) is 25.2 Å². The second kappa shape index (κ2) is 13.2. The highest BCUT2D eigenvalue weighted by molar-refractivity contribution is 14.0. The van der Waals surface area contributed by atoms with Crippen LogP contribution in [0, 0.1) is 0 Å². The van der Waals surface area contributed by atoms with Gasteiger partial charge in [0.2, 0.25) is 5.91 Å². The lowest BCUT2D eigenvalue weighted by molar-refractivity contribution is -0.123. The van der Waals surface area contributed by atoms with Crippen LogP contribution in [0.5, 0.6) is 0 Å². The summed E-state index contributed by atoms with van der Waals surface area (Å²) in [6, 6.07) is 16.2. The fraction of sp³-hybridized carbons (Fsp3) is 0.400. The summed E-state index contributed by atoms with van der Waals surface area (Å²) < 4.78 is 0. The molecule has 178 valence electrons.